The molecule has 0 radical (unpaired) electrons. The van der Waals surface area contributed by atoms with Crippen molar-refractivity contribution in [1.82, 2.24) is 4.98 Å². The topological polar surface area (TPSA) is 68.0 Å². The molecule has 76 valence electrons. The van der Waals surface area contributed by atoms with E-state index in [1.807, 2.05) is 19.1 Å². The van der Waals surface area contributed by atoms with Gasteiger partial charge in [-0.1, -0.05) is 6.07 Å². The van der Waals surface area contributed by atoms with Crippen molar-refractivity contribution in [3.63, 3.8) is 0 Å². The molecule has 0 aliphatic heterocycles. The summed E-state index contributed by atoms with van der Waals surface area (Å²) in [5.41, 5.74) is 5.52. The van der Waals surface area contributed by atoms with Crippen LogP contribution in [-0.2, 0) is 4.79 Å². The van der Waals surface area contributed by atoms with Crippen molar-refractivity contribution in [3.8, 4) is 0 Å². The summed E-state index contributed by atoms with van der Waals surface area (Å²) in [4.78, 5) is 15.2. The summed E-state index contributed by atoms with van der Waals surface area (Å²) < 4.78 is 0. The van der Waals surface area contributed by atoms with Gasteiger partial charge in [-0.2, -0.15) is 0 Å². The van der Waals surface area contributed by atoms with E-state index in [-0.39, 0.29) is 0 Å². The molecule has 3 N–H and O–H groups in total. The fraction of sp³-hybridized carbons (Fsp3) is 0.400. The zero-order valence-corrected chi connectivity index (χ0v) is 8.66. The number of primary amides is 1. The van der Waals surface area contributed by atoms with Crippen molar-refractivity contribution < 1.29 is 4.79 Å². The molecule has 4 nitrogen and oxygen atoms in total. The summed E-state index contributed by atoms with van der Waals surface area (Å²) in [6.45, 7) is 5.39. The van der Waals surface area contributed by atoms with Crippen LogP contribution in [0.5, 0.6) is 0 Å². The zero-order chi connectivity index (χ0) is 10.8. The van der Waals surface area contributed by atoms with Crippen LogP contribution in [0.25, 0.3) is 0 Å². The van der Waals surface area contributed by atoms with Gasteiger partial charge in [0.05, 0.1) is 0 Å². The first-order valence-corrected chi connectivity index (χ1v) is 4.42. The molecule has 0 saturated carbocycles. The lowest BCUT2D eigenvalue weighted by atomic mass is 10.1. The molecule has 0 aliphatic rings. The van der Waals surface area contributed by atoms with Crippen molar-refractivity contribution in [3.05, 3.63) is 23.9 Å². The maximum absolute atomic E-state index is 11.0. The molecule has 0 unspecified atom stereocenters. The molecule has 0 aromatic carbocycles. The van der Waals surface area contributed by atoms with Crippen LogP contribution in [0.15, 0.2) is 18.3 Å². The number of anilines is 1. The quantitative estimate of drug-likeness (QED) is 0.754. The third-order valence-corrected chi connectivity index (χ3v) is 1.97. The first kappa shape index (κ1) is 10.5. The molecule has 4 heteroatoms. The fourth-order valence-electron chi connectivity index (χ4n) is 0.924. The Morgan fingerprint density at radius 3 is 2.57 bits per heavy atom. The molecule has 0 fully saturated rings. The number of carbonyl (C=O) groups is 1. The predicted octanol–water partition coefficient (Wildman–Crippen LogP) is 1.07. The van der Waals surface area contributed by atoms with Gasteiger partial charge in [0.1, 0.15) is 11.4 Å². The third kappa shape index (κ3) is 2.45. The minimum Gasteiger partial charge on any atom is -0.368 e. The number of nitrogens with two attached hydrogens (primary N) is 1. The number of hydrogen-bond donors (Lipinski definition) is 2. The van der Waals surface area contributed by atoms with Crippen LogP contribution < -0.4 is 11.1 Å². The van der Waals surface area contributed by atoms with E-state index in [0.717, 1.165) is 5.56 Å². The minimum absolute atomic E-state index is 0.403. The summed E-state index contributed by atoms with van der Waals surface area (Å²) in [6.07, 6.45) is 1.74. The maximum atomic E-state index is 11.0. The van der Waals surface area contributed by atoms with Crippen LogP contribution in [0.3, 0.4) is 0 Å². The van der Waals surface area contributed by atoms with Crippen molar-refractivity contribution in [2.75, 3.05) is 5.32 Å². The molecule has 14 heavy (non-hydrogen) atoms. The number of amides is 1. The van der Waals surface area contributed by atoms with E-state index in [1.165, 1.54) is 0 Å². The maximum Gasteiger partial charge on any atom is 0.242 e. The number of carbonyl (C=O) groups excluding carboxylic acids is 1. The van der Waals surface area contributed by atoms with Gasteiger partial charge in [0.2, 0.25) is 5.91 Å². The van der Waals surface area contributed by atoms with Gasteiger partial charge in [-0.05, 0) is 32.4 Å². The summed E-state index contributed by atoms with van der Waals surface area (Å²) in [6, 6.07) is 3.74. The van der Waals surface area contributed by atoms with Gasteiger partial charge in [-0.25, -0.2) is 4.98 Å². The number of aryl methyl sites for hydroxylation is 1. The van der Waals surface area contributed by atoms with Gasteiger partial charge < -0.3 is 11.1 Å². The molecule has 1 aromatic rings. The normalized spacial score (nSPS) is 11.1. The third-order valence-electron chi connectivity index (χ3n) is 1.97. The second-order valence-electron chi connectivity index (χ2n) is 3.84. The molecule has 0 atom stereocenters. The summed E-state index contributed by atoms with van der Waals surface area (Å²) in [7, 11) is 0. The van der Waals surface area contributed by atoms with Crippen molar-refractivity contribution in [2.24, 2.45) is 5.73 Å². The average molecular weight is 193 g/mol. The molecule has 0 aliphatic carbocycles. The lowest BCUT2D eigenvalue weighted by molar-refractivity contribution is -0.121. The second-order valence-corrected chi connectivity index (χ2v) is 3.84. The van der Waals surface area contributed by atoms with Crippen LogP contribution in [0.2, 0.25) is 0 Å². The summed E-state index contributed by atoms with van der Waals surface area (Å²) >= 11 is 0. The van der Waals surface area contributed by atoms with Gasteiger partial charge in [0, 0.05) is 6.20 Å². The molecule has 0 spiro atoms. The van der Waals surface area contributed by atoms with Gasteiger partial charge in [-0.15, -0.1) is 0 Å². The van der Waals surface area contributed by atoms with Crippen LogP contribution in [0.1, 0.15) is 19.4 Å². The van der Waals surface area contributed by atoms with Crippen molar-refractivity contribution in [2.45, 2.75) is 26.3 Å². The van der Waals surface area contributed by atoms with E-state index in [2.05, 4.69) is 10.3 Å². The number of pyridine rings is 1. The first-order valence-electron chi connectivity index (χ1n) is 4.42. The molecule has 0 saturated heterocycles. The molecular weight excluding hydrogens is 178 g/mol. The standard InChI is InChI=1S/C10H15N3O/c1-7-4-5-8(12-6-7)13-10(2,3)9(11)14/h4-6H,1-3H3,(H2,11,14)(H,12,13). The Labute approximate surface area is 83.5 Å². The number of nitrogens with one attached hydrogen (secondary N) is 1. The molecule has 1 heterocycles. The highest BCUT2D eigenvalue weighted by Crippen LogP contribution is 2.12. The Kier molecular flexibility index (Phi) is 2.74. The van der Waals surface area contributed by atoms with Crippen molar-refractivity contribution in [1.29, 1.82) is 0 Å². The Balaban J connectivity index is 2.79. The molecule has 1 amide bonds. The van der Waals surface area contributed by atoms with Gasteiger partial charge >= 0.3 is 0 Å². The molecule has 1 rings (SSSR count). The van der Waals surface area contributed by atoms with Crippen LogP contribution in [0, 0.1) is 6.92 Å². The smallest absolute Gasteiger partial charge is 0.242 e. The SMILES string of the molecule is Cc1ccc(NC(C)(C)C(N)=O)nc1. The predicted molar refractivity (Wildman–Crippen MR) is 55.9 cm³/mol. The fourth-order valence-corrected chi connectivity index (χ4v) is 0.924. The van der Waals surface area contributed by atoms with E-state index < -0.39 is 11.4 Å². The number of aromatic nitrogens is 1. The van der Waals surface area contributed by atoms with Crippen LogP contribution >= 0.6 is 0 Å². The Morgan fingerprint density at radius 1 is 1.50 bits per heavy atom. The molecule has 0 bridgehead atoms. The van der Waals surface area contributed by atoms with E-state index in [1.54, 1.807) is 20.0 Å². The lowest BCUT2D eigenvalue weighted by Gasteiger charge is -2.22. The van der Waals surface area contributed by atoms with E-state index in [9.17, 15) is 4.79 Å². The van der Waals surface area contributed by atoms with Gasteiger partial charge in [0.15, 0.2) is 0 Å². The Morgan fingerprint density at radius 2 is 2.14 bits per heavy atom. The van der Waals surface area contributed by atoms with E-state index >= 15 is 0 Å². The summed E-state index contributed by atoms with van der Waals surface area (Å²) in [5.74, 6) is 0.249. The van der Waals surface area contributed by atoms with Gasteiger partial charge in [-0.3, -0.25) is 4.79 Å². The van der Waals surface area contributed by atoms with Crippen molar-refractivity contribution >= 4 is 11.7 Å². The van der Waals surface area contributed by atoms with Crippen LogP contribution in [0.4, 0.5) is 5.82 Å². The number of rotatable bonds is 3. The largest absolute Gasteiger partial charge is 0.368 e. The summed E-state index contributed by atoms with van der Waals surface area (Å²) in [5, 5.41) is 2.96. The Hall–Kier alpha value is -1.58. The highest BCUT2D eigenvalue weighted by molar-refractivity contribution is 5.86. The van der Waals surface area contributed by atoms with Gasteiger partial charge in [0.25, 0.3) is 0 Å². The monoisotopic (exact) mass is 193 g/mol. The van der Waals surface area contributed by atoms with E-state index in [4.69, 9.17) is 5.73 Å². The number of nitrogens with zero attached hydrogens (tertiary/aromatic N) is 1. The zero-order valence-electron chi connectivity index (χ0n) is 8.66. The molecule has 1 aromatic heterocycles. The molecular formula is C10H15N3O. The minimum atomic E-state index is -0.776. The second kappa shape index (κ2) is 3.65. The first-order chi connectivity index (χ1) is 6.42. The van der Waals surface area contributed by atoms with E-state index in [0.29, 0.717) is 5.82 Å². The van der Waals surface area contributed by atoms with Crippen LogP contribution in [-0.4, -0.2) is 16.4 Å². The average Bonchev–Trinajstić information content (AvgIpc) is 2.08. The number of hydrogen-bond acceptors (Lipinski definition) is 3. The highest BCUT2D eigenvalue weighted by Gasteiger charge is 2.24. The Bertz CT molecular complexity index is 330. The lowest BCUT2D eigenvalue weighted by Crippen LogP contribution is -2.45. The highest BCUT2D eigenvalue weighted by atomic mass is 16.1.